The van der Waals surface area contributed by atoms with E-state index in [0.29, 0.717) is 24.3 Å². The van der Waals surface area contributed by atoms with Gasteiger partial charge in [0.15, 0.2) is 0 Å². The summed E-state index contributed by atoms with van der Waals surface area (Å²) in [6.45, 7) is 18.8. The number of benzene rings is 2. The lowest BCUT2D eigenvalue weighted by Gasteiger charge is -2.29. The van der Waals surface area contributed by atoms with Gasteiger partial charge >= 0.3 is 6.36 Å². The maximum Gasteiger partial charge on any atom is 0.573 e. The first-order valence-electron chi connectivity index (χ1n) is 13.7. The second-order valence-corrected chi connectivity index (χ2v) is 13.4. The molecule has 0 spiro atoms. The fourth-order valence-electron chi connectivity index (χ4n) is 4.66. The molecule has 2 aromatic carbocycles. The molecular formula is C32H44F3NO2. The molecule has 0 saturated heterocycles. The molecule has 1 aliphatic rings. The van der Waals surface area contributed by atoms with Crippen LogP contribution in [-0.4, -0.2) is 17.8 Å². The summed E-state index contributed by atoms with van der Waals surface area (Å²) in [5, 5.41) is 3.20. The molecule has 2 aromatic rings. The van der Waals surface area contributed by atoms with Gasteiger partial charge in [0.2, 0.25) is 0 Å². The molecule has 3 nitrogen and oxygen atoms in total. The number of carbonyl (C=O) groups is 1. The fourth-order valence-corrected chi connectivity index (χ4v) is 4.66. The summed E-state index contributed by atoms with van der Waals surface area (Å²) in [7, 11) is 0. The summed E-state index contributed by atoms with van der Waals surface area (Å²) < 4.78 is 43.2. The van der Waals surface area contributed by atoms with Crippen LogP contribution in [0.15, 0.2) is 36.4 Å². The highest BCUT2D eigenvalue weighted by atomic mass is 19.4. The van der Waals surface area contributed by atoms with E-state index in [9.17, 15) is 18.0 Å². The highest BCUT2D eigenvalue weighted by molar-refractivity contribution is 5.95. The second-order valence-electron chi connectivity index (χ2n) is 13.4. The third kappa shape index (κ3) is 8.00. The van der Waals surface area contributed by atoms with Gasteiger partial charge in [-0.05, 0) is 109 Å². The van der Waals surface area contributed by atoms with E-state index in [0.717, 1.165) is 35.1 Å². The van der Waals surface area contributed by atoms with Crippen LogP contribution in [0.4, 0.5) is 13.2 Å². The Morgan fingerprint density at radius 1 is 0.947 bits per heavy atom. The molecule has 1 saturated carbocycles. The molecule has 1 unspecified atom stereocenters. The quantitative estimate of drug-likeness (QED) is 0.350. The minimum atomic E-state index is -4.73. The molecular weight excluding hydrogens is 487 g/mol. The summed E-state index contributed by atoms with van der Waals surface area (Å²) >= 11 is 0. The zero-order valence-corrected chi connectivity index (χ0v) is 24.4. The van der Waals surface area contributed by atoms with E-state index in [2.05, 4.69) is 57.7 Å². The largest absolute Gasteiger partial charge is 0.573 e. The number of hydrogen-bond donors (Lipinski definition) is 1. The van der Waals surface area contributed by atoms with Crippen molar-refractivity contribution in [1.29, 1.82) is 0 Å². The van der Waals surface area contributed by atoms with Gasteiger partial charge in [0.25, 0.3) is 5.91 Å². The Labute approximate surface area is 226 Å². The zero-order chi connectivity index (χ0) is 28.7. The number of amides is 1. The number of alkyl halides is 3. The van der Waals surface area contributed by atoms with Crippen molar-refractivity contribution in [3.63, 3.8) is 0 Å². The van der Waals surface area contributed by atoms with Crippen LogP contribution in [0.2, 0.25) is 0 Å². The Bertz CT molecular complexity index is 1150. The average molecular weight is 532 g/mol. The minimum absolute atomic E-state index is 0.000762. The first-order valence-corrected chi connectivity index (χ1v) is 13.7. The first kappa shape index (κ1) is 30.0. The van der Waals surface area contributed by atoms with Crippen molar-refractivity contribution in [1.82, 2.24) is 5.32 Å². The van der Waals surface area contributed by atoms with Crippen LogP contribution < -0.4 is 10.1 Å². The van der Waals surface area contributed by atoms with E-state index in [1.165, 1.54) is 12.1 Å². The monoisotopic (exact) mass is 531 g/mol. The van der Waals surface area contributed by atoms with Crippen LogP contribution in [0.3, 0.4) is 0 Å². The van der Waals surface area contributed by atoms with Crippen molar-refractivity contribution in [2.75, 3.05) is 0 Å². The normalized spacial score (nSPS) is 16.3. The molecule has 0 aliphatic heterocycles. The summed E-state index contributed by atoms with van der Waals surface area (Å²) in [6, 6.07) is 11.2. The van der Waals surface area contributed by atoms with Crippen molar-refractivity contribution in [3.05, 3.63) is 64.2 Å². The lowest BCUT2D eigenvalue weighted by Crippen LogP contribution is -2.43. The van der Waals surface area contributed by atoms with E-state index < -0.39 is 11.9 Å². The Morgan fingerprint density at radius 3 is 2.11 bits per heavy atom. The molecule has 1 fully saturated rings. The Balaban J connectivity index is 1.74. The van der Waals surface area contributed by atoms with Crippen LogP contribution in [-0.2, 0) is 10.8 Å². The van der Waals surface area contributed by atoms with Gasteiger partial charge in [-0.2, -0.15) is 0 Å². The van der Waals surface area contributed by atoms with Crippen molar-refractivity contribution < 1.29 is 22.7 Å². The molecule has 6 heteroatoms. The fraction of sp³-hybridized carbons (Fsp3) is 0.594. The first-order chi connectivity index (χ1) is 17.3. The van der Waals surface area contributed by atoms with Gasteiger partial charge in [-0.1, -0.05) is 60.6 Å². The topological polar surface area (TPSA) is 38.3 Å². The summed E-state index contributed by atoms with van der Waals surface area (Å²) in [4.78, 5) is 13.3. The molecule has 3 rings (SSSR count). The third-order valence-electron chi connectivity index (χ3n) is 7.83. The standard InChI is InChI=1S/C32H44F3NO2/c1-20(2)22-14-24(17-25(15-22)29(4,5)6)28(37)36-30(7,8)11-10-21(3)23-16-26(31(9)12-13-31)19-27(18-23)38-32(33,34)35/h14-21H,10-13H2,1-9H3,(H,36,37). The van der Waals surface area contributed by atoms with Crippen molar-refractivity contribution in [3.8, 4) is 5.75 Å². The van der Waals surface area contributed by atoms with Crippen LogP contribution in [0.5, 0.6) is 5.75 Å². The second kappa shape index (κ2) is 10.6. The Kier molecular flexibility index (Phi) is 8.36. The third-order valence-corrected chi connectivity index (χ3v) is 7.83. The lowest BCUT2D eigenvalue weighted by atomic mass is 9.83. The van der Waals surface area contributed by atoms with Gasteiger partial charge in [-0.15, -0.1) is 13.2 Å². The van der Waals surface area contributed by atoms with Gasteiger partial charge in [0, 0.05) is 11.1 Å². The Morgan fingerprint density at radius 2 is 1.58 bits per heavy atom. The molecule has 1 amide bonds. The predicted octanol–water partition coefficient (Wildman–Crippen LogP) is 9.15. The number of ether oxygens (including phenoxy) is 1. The SMILES string of the molecule is CC(C)c1cc(C(=O)NC(C)(C)CCC(C)c2cc(OC(F)(F)F)cc(C3(C)CC3)c2)cc(C(C)(C)C)c1. The number of rotatable bonds is 9. The van der Waals surface area contributed by atoms with E-state index in [-0.39, 0.29) is 28.4 Å². The highest BCUT2D eigenvalue weighted by Crippen LogP contribution is 2.49. The molecule has 38 heavy (non-hydrogen) atoms. The van der Waals surface area contributed by atoms with Crippen LogP contribution >= 0.6 is 0 Å². The van der Waals surface area contributed by atoms with E-state index in [4.69, 9.17) is 0 Å². The summed E-state index contributed by atoms with van der Waals surface area (Å²) in [5.74, 6) is 0.0378. The van der Waals surface area contributed by atoms with Crippen molar-refractivity contribution >= 4 is 5.91 Å². The van der Waals surface area contributed by atoms with Crippen molar-refractivity contribution in [2.45, 2.75) is 123 Å². The number of hydrogen-bond acceptors (Lipinski definition) is 2. The average Bonchev–Trinajstić information content (AvgIpc) is 3.53. The van der Waals surface area contributed by atoms with Gasteiger partial charge in [0.05, 0.1) is 0 Å². The highest BCUT2D eigenvalue weighted by Gasteiger charge is 2.40. The molecule has 0 radical (unpaired) electrons. The predicted molar refractivity (Wildman–Crippen MR) is 148 cm³/mol. The van der Waals surface area contributed by atoms with E-state index in [1.807, 2.05) is 39.0 Å². The minimum Gasteiger partial charge on any atom is -0.406 e. The maximum absolute atomic E-state index is 13.3. The maximum atomic E-state index is 13.3. The summed E-state index contributed by atoms with van der Waals surface area (Å²) in [6.07, 6.45) is -1.42. The summed E-state index contributed by atoms with van der Waals surface area (Å²) in [5.41, 5.74) is 3.99. The van der Waals surface area contributed by atoms with E-state index in [1.54, 1.807) is 0 Å². The van der Waals surface area contributed by atoms with Gasteiger partial charge in [-0.25, -0.2) is 0 Å². The molecule has 0 bridgehead atoms. The van der Waals surface area contributed by atoms with E-state index >= 15 is 0 Å². The molecule has 210 valence electrons. The molecule has 0 heterocycles. The van der Waals surface area contributed by atoms with Crippen LogP contribution in [0.25, 0.3) is 0 Å². The molecule has 1 atom stereocenters. The Hall–Kier alpha value is -2.50. The smallest absolute Gasteiger partial charge is 0.406 e. The molecule has 0 aromatic heterocycles. The number of nitrogens with one attached hydrogen (secondary N) is 1. The molecule has 1 aliphatic carbocycles. The van der Waals surface area contributed by atoms with Crippen molar-refractivity contribution in [2.24, 2.45) is 0 Å². The van der Waals surface area contributed by atoms with Gasteiger partial charge < -0.3 is 10.1 Å². The van der Waals surface area contributed by atoms with Crippen LogP contribution in [0, 0.1) is 0 Å². The zero-order valence-electron chi connectivity index (χ0n) is 24.4. The van der Waals surface area contributed by atoms with Gasteiger partial charge in [0.1, 0.15) is 5.75 Å². The molecule has 1 N–H and O–H groups in total. The van der Waals surface area contributed by atoms with Crippen LogP contribution in [0.1, 0.15) is 132 Å². The van der Waals surface area contributed by atoms with Gasteiger partial charge in [-0.3, -0.25) is 4.79 Å². The lowest BCUT2D eigenvalue weighted by molar-refractivity contribution is -0.274. The number of carbonyl (C=O) groups excluding carboxylic acids is 1. The number of halogens is 3.